The lowest BCUT2D eigenvalue weighted by Gasteiger charge is -2.08. The first-order valence-electron chi connectivity index (χ1n) is 8.85. The van der Waals surface area contributed by atoms with Gasteiger partial charge in [0.2, 0.25) is 0 Å². The van der Waals surface area contributed by atoms with Crippen molar-refractivity contribution in [1.29, 1.82) is 0 Å². The molecule has 7 heteroatoms. The number of anilines is 1. The van der Waals surface area contributed by atoms with Gasteiger partial charge in [0, 0.05) is 5.69 Å². The number of amides is 2. The van der Waals surface area contributed by atoms with Crippen LogP contribution in [0.5, 0.6) is 0 Å². The number of furan rings is 1. The van der Waals surface area contributed by atoms with Gasteiger partial charge in [-0.3, -0.25) is 0 Å². The number of fused-ring (bicyclic) bond motifs is 1. The summed E-state index contributed by atoms with van der Waals surface area (Å²) in [6.45, 7) is 1.23. The Morgan fingerprint density at radius 2 is 2.00 bits per heavy atom. The van der Waals surface area contributed by atoms with E-state index < -0.39 is 0 Å². The lowest BCUT2D eigenvalue weighted by atomic mass is 10.2. The van der Waals surface area contributed by atoms with E-state index in [0.717, 1.165) is 26.5 Å². The molecule has 0 aliphatic rings. The zero-order chi connectivity index (χ0) is 19.2. The van der Waals surface area contributed by atoms with Crippen molar-refractivity contribution < 1.29 is 13.9 Å². The third kappa shape index (κ3) is 4.76. The quantitative estimate of drug-likeness (QED) is 0.467. The van der Waals surface area contributed by atoms with Gasteiger partial charge in [0.05, 0.1) is 29.6 Å². The molecule has 0 aliphatic heterocycles. The highest BCUT2D eigenvalue weighted by Crippen LogP contribution is 2.21. The zero-order valence-electron chi connectivity index (χ0n) is 15.1. The van der Waals surface area contributed by atoms with Crippen LogP contribution in [0.1, 0.15) is 16.3 Å². The van der Waals surface area contributed by atoms with Crippen molar-refractivity contribution in [3.8, 4) is 0 Å². The Morgan fingerprint density at radius 3 is 2.86 bits per heavy atom. The van der Waals surface area contributed by atoms with Crippen molar-refractivity contribution in [2.75, 3.05) is 5.32 Å². The molecule has 0 radical (unpaired) electrons. The van der Waals surface area contributed by atoms with Gasteiger partial charge in [0.15, 0.2) is 0 Å². The molecule has 0 atom stereocenters. The second-order valence-corrected chi connectivity index (χ2v) is 7.27. The highest BCUT2D eigenvalue weighted by atomic mass is 32.1. The SMILES string of the molecule is O=C(NCc1nc2ccccc2s1)Nc1cccc(COCc2ccco2)c1. The summed E-state index contributed by atoms with van der Waals surface area (Å²) in [4.78, 5) is 16.7. The first-order valence-corrected chi connectivity index (χ1v) is 9.66. The summed E-state index contributed by atoms with van der Waals surface area (Å²) in [6.07, 6.45) is 1.62. The van der Waals surface area contributed by atoms with Gasteiger partial charge in [-0.25, -0.2) is 9.78 Å². The number of ether oxygens (including phenoxy) is 1. The molecule has 2 aromatic heterocycles. The molecule has 4 rings (SSSR count). The van der Waals surface area contributed by atoms with Gasteiger partial charge >= 0.3 is 6.03 Å². The summed E-state index contributed by atoms with van der Waals surface area (Å²) in [5, 5.41) is 6.56. The maximum absolute atomic E-state index is 12.2. The Labute approximate surface area is 166 Å². The minimum Gasteiger partial charge on any atom is -0.467 e. The van der Waals surface area contributed by atoms with Gasteiger partial charge in [-0.2, -0.15) is 0 Å². The number of benzene rings is 2. The van der Waals surface area contributed by atoms with Gasteiger partial charge in [-0.1, -0.05) is 24.3 Å². The average molecular weight is 393 g/mol. The maximum atomic E-state index is 12.2. The predicted molar refractivity (Wildman–Crippen MR) is 109 cm³/mol. The van der Waals surface area contributed by atoms with Crippen molar-refractivity contribution in [1.82, 2.24) is 10.3 Å². The Balaban J connectivity index is 1.27. The molecule has 142 valence electrons. The maximum Gasteiger partial charge on any atom is 0.319 e. The van der Waals surface area contributed by atoms with Crippen molar-refractivity contribution >= 4 is 33.3 Å². The van der Waals surface area contributed by atoms with Gasteiger partial charge in [0.1, 0.15) is 17.4 Å². The van der Waals surface area contributed by atoms with E-state index >= 15 is 0 Å². The van der Waals surface area contributed by atoms with Crippen molar-refractivity contribution in [3.63, 3.8) is 0 Å². The van der Waals surface area contributed by atoms with Crippen LogP contribution in [0.3, 0.4) is 0 Å². The summed E-state index contributed by atoms with van der Waals surface area (Å²) in [5.41, 5.74) is 2.63. The fourth-order valence-electron chi connectivity index (χ4n) is 2.73. The van der Waals surface area contributed by atoms with E-state index in [1.165, 1.54) is 0 Å². The number of nitrogens with zero attached hydrogens (tertiary/aromatic N) is 1. The highest BCUT2D eigenvalue weighted by Gasteiger charge is 2.07. The van der Waals surface area contributed by atoms with Gasteiger partial charge in [-0.15, -0.1) is 11.3 Å². The molecule has 0 bridgehead atoms. The molecular weight excluding hydrogens is 374 g/mol. The third-order valence-corrected chi connectivity index (χ3v) is 5.05. The lowest BCUT2D eigenvalue weighted by molar-refractivity contribution is 0.0930. The molecular formula is C21H19N3O3S. The first kappa shape index (κ1) is 18.2. The van der Waals surface area contributed by atoms with E-state index in [-0.39, 0.29) is 6.03 Å². The molecule has 0 unspecified atom stereocenters. The minimum atomic E-state index is -0.270. The van der Waals surface area contributed by atoms with E-state index in [0.29, 0.717) is 25.4 Å². The van der Waals surface area contributed by atoms with Crippen LogP contribution < -0.4 is 10.6 Å². The van der Waals surface area contributed by atoms with Crippen molar-refractivity contribution in [2.24, 2.45) is 0 Å². The molecule has 2 amide bonds. The smallest absolute Gasteiger partial charge is 0.319 e. The van der Waals surface area contributed by atoms with Crippen LogP contribution >= 0.6 is 11.3 Å². The second kappa shape index (κ2) is 8.69. The normalized spacial score (nSPS) is 10.9. The molecule has 0 saturated heterocycles. The Hall–Kier alpha value is -3.16. The fraction of sp³-hybridized carbons (Fsp3) is 0.143. The number of para-hydroxylation sites is 1. The molecule has 2 heterocycles. The van der Waals surface area contributed by atoms with Crippen LogP contribution in [0.25, 0.3) is 10.2 Å². The summed E-state index contributed by atoms with van der Waals surface area (Å²) < 4.78 is 12.0. The fourth-order valence-corrected chi connectivity index (χ4v) is 3.64. The van der Waals surface area contributed by atoms with Crippen molar-refractivity contribution in [2.45, 2.75) is 19.8 Å². The number of hydrogen-bond acceptors (Lipinski definition) is 5. The van der Waals surface area contributed by atoms with Gasteiger partial charge in [-0.05, 0) is 42.0 Å². The Bertz CT molecular complexity index is 1030. The number of carbonyl (C=O) groups excluding carboxylic acids is 1. The third-order valence-electron chi connectivity index (χ3n) is 4.02. The largest absolute Gasteiger partial charge is 0.467 e. The number of rotatable bonds is 7. The summed E-state index contributed by atoms with van der Waals surface area (Å²) >= 11 is 1.58. The number of urea groups is 1. The van der Waals surface area contributed by atoms with Crippen LogP contribution in [0.2, 0.25) is 0 Å². The molecule has 6 nitrogen and oxygen atoms in total. The molecule has 0 saturated carbocycles. The minimum absolute atomic E-state index is 0.270. The van der Waals surface area contributed by atoms with E-state index in [4.69, 9.17) is 9.15 Å². The van der Waals surface area contributed by atoms with Crippen LogP contribution in [-0.2, 0) is 24.5 Å². The van der Waals surface area contributed by atoms with Crippen molar-refractivity contribution in [3.05, 3.63) is 83.3 Å². The van der Waals surface area contributed by atoms with Crippen LogP contribution in [-0.4, -0.2) is 11.0 Å². The number of nitrogens with one attached hydrogen (secondary N) is 2. The standard InChI is InChI=1S/C21H19N3O3S/c25-21(22-12-20-24-18-8-1-2-9-19(18)28-20)23-16-6-3-5-15(11-16)13-26-14-17-7-4-10-27-17/h1-11H,12-14H2,(H2,22,23,25). The summed E-state index contributed by atoms with van der Waals surface area (Å²) in [6, 6.07) is 18.9. The van der Waals surface area contributed by atoms with Crippen LogP contribution in [0.4, 0.5) is 10.5 Å². The van der Waals surface area contributed by atoms with Crippen LogP contribution in [0.15, 0.2) is 71.3 Å². The molecule has 2 aromatic carbocycles. The molecule has 0 spiro atoms. The predicted octanol–water partition coefficient (Wildman–Crippen LogP) is 4.93. The first-order chi connectivity index (χ1) is 13.8. The highest BCUT2D eigenvalue weighted by molar-refractivity contribution is 7.18. The molecule has 2 N–H and O–H groups in total. The Kier molecular flexibility index (Phi) is 5.65. The second-order valence-electron chi connectivity index (χ2n) is 6.16. The molecule has 0 fully saturated rings. The summed E-state index contributed by atoms with van der Waals surface area (Å²) in [7, 11) is 0. The number of aromatic nitrogens is 1. The summed E-state index contributed by atoms with van der Waals surface area (Å²) in [5.74, 6) is 0.781. The molecule has 4 aromatic rings. The monoisotopic (exact) mass is 393 g/mol. The number of thiazole rings is 1. The number of hydrogen-bond donors (Lipinski definition) is 2. The zero-order valence-corrected chi connectivity index (χ0v) is 15.9. The average Bonchev–Trinajstić information content (AvgIpc) is 3.36. The molecule has 0 aliphatic carbocycles. The Morgan fingerprint density at radius 1 is 1.07 bits per heavy atom. The number of carbonyl (C=O) groups is 1. The lowest BCUT2D eigenvalue weighted by Crippen LogP contribution is -2.28. The van der Waals surface area contributed by atoms with Gasteiger partial charge < -0.3 is 19.8 Å². The van der Waals surface area contributed by atoms with Gasteiger partial charge in [0.25, 0.3) is 0 Å². The van der Waals surface area contributed by atoms with Crippen LogP contribution in [0, 0.1) is 0 Å². The van der Waals surface area contributed by atoms with E-state index in [2.05, 4.69) is 15.6 Å². The van der Waals surface area contributed by atoms with E-state index in [9.17, 15) is 4.79 Å². The topological polar surface area (TPSA) is 76.4 Å². The molecule has 28 heavy (non-hydrogen) atoms. The van der Waals surface area contributed by atoms with E-state index in [1.807, 2.05) is 60.7 Å². The van der Waals surface area contributed by atoms with E-state index in [1.54, 1.807) is 17.6 Å².